The van der Waals surface area contributed by atoms with Gasteiger partial charge in [-0.2, -0.15) is 11.8 Å². The normalized spacial score (nSPS) is 28.4. The van der Waals surface area contributed by atoms with Gasteiger partial charge in [-0.25, -0.2) is 0 Å². The van der Waals surface area contributed by atoms with E-state index < -0.39 is 0 Å². The lowest BCUT2D eigenvalue weighted by atomic mass is 9.97. The van der Waals surface area contributed by atoms with Crippen molar-refractivity contribution in [2.24, 2.45) is 5.92 Å². The van der Waals surface area contributed by atoms with Crippen LogP contribution >= 0.6 is 11.8 Å². The van der Waals surface area contributed by atoms with E-state index in [0.717, 1.165) is 17.2 Å². The fraction of sp³-hybridized carbons (Fsp3) is 1.00. The lowest BCUT2D eigenvalue weighted by Gasteiger charge is -2.28. The molecule has 3 atom stereocenters. The molecule has 1 fully saturated rings. The highest BCUT2D eigenvalue weighted by Gasteiger charge is 2.20. The van der Waals surface area contributed by atoms with Crippen molar-refractivity contribution in [3.05, 3.63) is 0 Å². The fourth-order valence-corrected chi connectivity index (χ4v) is 4.74. The Balaban J connectivity index is 2.46. The van der Waals surface area contributed by atoms with Crippen molar-refractivity contribution < 1.29 is 0 Å². The maximum Gasteiger partial charge on any atom is 0.0201 e. The molecule has 1 saturated carbocycles. The van der Waals surface area contributed by atoms with E-state index in [9.17, 15) is 0 Å². The average Bonchev–Trinajstić information content (AvgIpc) is 2.46. The van der Waals surface area contributed by atoms with E-state index in [-0.39, 0.29) is 0 Å². The van der Waals surface area contributed by atoms with E-state index in [4.69, 9.17) is 0 Å². The Labute approximate surface area is 132 Å². The summed E-state index contributed by atoms with van der Waals surface area (Å²) < 4.78 is 0. The van der Waals surface area contributed by atoms with Gasteiger partial charge in [-0.05, 0) is 31.6 Å². The Kier molecular flexibility index (Phi) is 10.9. The summed E-state index contributed by atoms with van der Waals surface area (Å²) in [5, 5.41) is 4.47. The van der Waals surface area contributed by atoms with Crippen LogP contribution in [0.5, 0.6) is 0 Å². The second-order valence-corrected chi connectivity index (χ2v) is 7.96. The molecule has 20 heavy (non-hydrogen) atoms. The smallest absolute Gasteiger partial charge is 0.0201 e. The quantitative estimate of drug-likeness (QED) is 0.705. The molecule has 0 aliphatic heterocycles. The van der Waals surface area contributed by atoms with Crippen molar-refractivity contribution in [2.45, 2.75) is 95.8 Å². The second kappa shape index (κ2) is 11.9. The number of nitrogens with one attached hydrogen (secondary N) is 1. The molecule has 2 heteroatoms. The van der Waals surface area contributed by atoms with Gasteiger partial charge in [-0.3, -0.25) is 0 Å². The first-order valence-corrected chi connectivity index (χ1v) is 10.1. The molecule has 0 amide bonds. The third-order valence-corrected chi connectivity index (χ3v) is 6.62. The predicted molar refractivity (Wildman–Crippen MR) is 94.7 cm³/mol. The molecule has 1 aliphatic carbocycles. The van der Waals surface area contributed by atoms with Gasteiger partial charge < -0.3 is 5.32 Å². The fourth-order valence-electron chi connectivity index (χ4n) is 3.09. The van der Waals surface area contributed by atoms with E-state index in [1.807, 2.05) is 0 Å². The lowest BCUT2D eigenvalue weighted by molar-refractivity contribution is 0.433. The summed E-state index contributed by atoms with van der Waals surface area (Å²) in [6, 6.07) is 0.739. The van der Waals surface area contributed by atoms with Crippen molar-refractivity contribution in [1.29, 1.82) is 0 Å². The highest BCUT2D eigenvalue weighted by molar-refractivity contribution is 7.99. The van der Waals surface area contributed by atoms with Crippen LogP contribution in [-0.2, 0) is 0 Å². The lowest BCUT2D eigenvalue weighted by Crippen LogP contribution is -2.36. The average molecular weight is 300 g/mol. The van der Waals surface area contributed by atoms with E-state index in [2.05, 4.69) is 38.0 Å². The molecule has 0 spiro atoms. The van der Waals surface area contributed by atoms with Crippen molar-refractivity contribution in [2.75, 3.05) is 12.8 Å². The Hall–Kier alpha value is 0.310. The molecule has 0 aromatic heterocycles. The molecule has 1 N–H and O–H groups in total. The van der Waals surface area contributed by atoms with Crippen LogP contribution in [0.2, 0.25) is 0 Å². The van der Waals surface area contributed by atoms with Crippen molar-refractivity contribution in [1.82, 2.24) is 5.32 Å². The first-order chi connectivity index (χ1) is 9.77. The van der Waals surface area contributed by atoms with Gasteiger partial charge in [0.15, 0.2) is 0 Å². The summed E-state index contributed by atoms with van der Waals surface area (Å²) >= 11 is 2.25. The van der Waals surface area contributed by atoms with Crippen molar-refractivity contribution in [3.63, 3.8) is 0 Å². The maximum atomic E-state index is 3.63. The minimum Gasteiger partial charge on any atom is -0.316 e. The Morgan fingerprint density at radius 1 is 0.950 bits per heavy atom. The van der Waals surface area contributed by atoms with Crippen LogP contribution in [0.3, 0.4) is 0 Å². The molecule has 0 heterocycles. The van der Waals surface area contributed by atoms with Gasteiger partial charge in [-0.15, -0.1) is 0 Å². The zero-order valence-corrected chi connectivity index (χ0v) is 14.9. The predicted octanol–water partition coefficient (Wildman–Crippen LogP) is 5.64. The largest absolute Gasteiger partial charge is 0.316 e. The topological polar surface area (TPSA) is 12.0 Å². The molecule has 1 nitrogen and oxygen atoms in total. The molecule has 0 saturated heterocycles. The van der Waals surface area contributed by atoms with Gasteiger partial charge in [0.25, 0.3) is 0 Å². The van der Waals surface area contributed by atoms with Gasteiger partial charge in [0.1, 0.15) is 0 Å². The van der Waals surface area contributed by atoms with E-state index in [0.29, 0.717) is 0 Å². The van der Waals surface area contributed by atoms with Crippen LogP contribution in [0.15, 0.2) is 0 Å². The van der Waals surface area contributed by atoms with E-state index in [1.165, 1.54) is 76.4 Å². The molecule has 1 rings (SSSR count). The van der Waals surface area contributed by atoms with Crippen LogP contribution < -0.4 is 5.32 Å². The maximum absolute atomic E-state index is 3.63. The third-order valence-electron chi connectivity index (χ3n) is 4.87. The number of rotatable bonds is 5. The molecular formula is C18H37NS. The summed E-state index contributed by atoms with van der Waals surface area (Å²) in [6.45, 7) is 4.72. The minimum absolute atomic E-state index is 0.739. The second-order valence-electron chi connectivity index (χ2n) is 6.69. The molecule has 0 bridgehead atoms. The number of hydrogen-bond acceptors (Lipinski definition) is 2. The Morgan fingerprint density at radius 2 is 1.50 bits per heavy atom. The summed E-state index contributed by atoms with van der Waals surface area (Å²) in [6.07, 6.45) is 15.8. The third kappa shape index (κ3) is 7.93. The summed E-state index contributed by atoms with van der Waals surface area (Å²) in [4.78, 5) is 0. The summed E-state index contributed by atoms with van der Waals surface area (Å²) in [7, 11) is 2.17. The number of hydrogen-bond donors (Lipinski definition) is 1. The summed E-state index contributed by atoms with van der Waals surface area (Å²) in [5.41, 5.74) is 0. The SMILES string of the molecule is CCC(C)CSC1CCCCCCCCCCC1NC. The number of thioether (sulfide) groups is 1. The van der Waals surface area contributed by atoms with E-state index in [1.54, 1.807) is 0 Å². The highest BCUT2D eigenvalue weighted by Crippen LogP contribution is 2.27. The zero-order valence-electron chi connectivity index (χ0n) is 14.1. The van der Waals surface area contributed by atoms with Gasteiger partial charge in [0, 0.05) is 11.3 Å². The molecule has 0 aromatic carbocycles. The van der Waals surface area contributed by atoms with Crippen molar-refractivity contribution >= 4 is 11.8 Å². The highest BCUT2D eigenvalue weighted by atomic mass is 32.2. The molecule has 120 valence electrons. The summed E-state index contributed by atoms with van der Waals surface area (Å²) in [5.74, 6) is 2.22. The van der Waals surface area contributed by atoms with Gasteiger partial charge in [-0.1, -0.05) is 71.6 Å². The first-order valence-electron chi connectivity index (χ1n) is 9.06. The van der Waals surface area contributed by atoms with E-state index >= 15 is 0 Å². The molecule has 1 aliphatic rings. The Bertz CT molecular complexity index is 219. The monoisotopic (exact) mass is 299 g/mol. The molecule has 0 aromatic rings. The van der Waals surface area contributed by atoms with Gasteiger partial charge >= 0.3 is 0 Å². The van der Waals surface area contributed by atoms with Crippen LogP contribution in [0.1, 0.15) is 84.5 Å². The molecule has 3 unspecified atom stereocenters. The molecular weight excluding hydrogens is 262 g/mol. The van der Waals surface area contributed by atoms with Crippen LogP contribution in [0.4, 0.5) is 0 Å². The standard InChI is InChI=1S/C18H37NS/c1-4-16(2)15-20-18-14-12-10-8-6-5-7-9-11-13-17(18)19-3/h16-19H,4-15H2,1-3H3. The van der Waals surface area contributed by atoms with Gasteiger partial charge in [0.05, 0.1) is 0 Å². The zero-order chi connectivity index (χ0) is 14.6. The minimum atomic E-state index is 0.739. The first kappa shape index (κ1) is 18.4. The van der Waals surface area contributed by atoms with Crippen LogP contribution in [-0.4, -0.2) is 24.1 Å². The Morgan fingerprint density at radius 3 is 2.05 bits per heavy atom. The van der Waals surface area contributed by atoms with Gasteiger partial charge in [0.2, 0.25) is 0 Å². The molecule has 0 radical (unpaired) electrons. The van der Waals surface area contributed by atoms with Crippen LogP contribution in [0.25, 0.3) is 0 Å². The van der Waals surface area contributed by atoms with Crippen molar-refractivity contribution in [3.8, 4) is 0 Å². The van der Waals surface area contributed by atoms with Crippen LogP contribution in [0, 0.1) is 5.92 Å².